The Morgan fingerprint density at radius 2 is 1.86 bits per heavy atom. The van der Waals surface area contributed by atoms with Crippen LogP contribution in [0.1, 0.15) is 31.7 Å². The molecule has 0 spiro atoms. The molecule has 0 saturated carbocycles. The van der Waals surface area contributed by atoms with E-state index < -0.39 is 0 Å². The zero-order valence-corrected chi connectivity index (χ0v) is 18.4. The van der Waals surface area contributed by atoms with Crippen molar-refractivity contribution in [2.75, 3.05) is 13.6 Å². The average molecular weight is 426 g/mol. The quantitative estimate of drug-likeness (QED) is 0.459. The first kappa shape index (κ1) is 21.3. The van der Waals surface area contributed by atoms with E-state index in [1.165, 1.54) is 5.56 Å². The largest absolute Gasteiger partial charge is 0.286 e. The summed E-state index contributed by atoms with van der Waals surface area (Å²) in [5.41, 5.74) is 3.18. The molecule has 1 aromatic heterocycles. The second-order valence-corrected chi connectivity index (χ2v) is 8.09. The molecular formula is C22H24ClN5S. The maximum absolute atomic E-state index is 8.85. The molecule has 1 heterocycles. The van der Waals surface area contributed by atoms with E-state index >= 15 is 0 Å². The van der Waals surface area contributed by atoms with Crippen molar-refractivity contribution in [1.29, 1.82) is 5.26 Å². The van der Waals surface area contributed by atoms with Crippen molar-refractivity contribution in [2.45, 2.75) is 32.9 Å². The van der Waals surface area contributed by atoms with Gasteiger partial charge in [0.1, 0.15) is 0 Å². The van der Waals surface area contributed by atoms with E-state index in [4.69, 9.17) is 34.2 Å². The summed E-state index contributed by atoms with van der Waals surface area (Å²) in [4.78, 5) is 2.04. The van der Waals surface area contributed by atoms with Gasteiger partial charge in [-0.3, -0.25) is 9.47 Å². The van der Waals surface area contributed by atoms with Gasteiger partial charge in [0, 0.05) is 23.6 Å². The minimum atomic E-state index is 0.341. The topological polar surface area (TPSA) is 49.8 Å². The zero-order chi connectivity index (χ0) is 21.0. The molecule has 0 bridgehead atoms. The number of halogens is 1. The Morgan fingerprint density at radius 1 is 1.17 bits per heavy atom. The monoisotopic (exact) mass is 425 g/mol. The van der Waals surface area contributed by atoms with Crippen LogP contribution < -0.4 is 0 Å². The Balaban J connectivity index is 2.17. The number of benzene rings is 2. The third-order valence-electron chi connectivity index (χ3n) is 4.72. The second kappa shape index (κ2) is 9.36. The summed E-state index contributed by atoms with van der Waals surface area (Å²) in [7, 11) is 1.96. The number of aromatic nitrogens is 3. The van der Waals surface area contributed by atoms with Crippen molar-refractivity contribution in [3.63, 3.8) is 0 Å². The summed E-state index contributed by atoms with van der Waals surface area (Å²) < 4.78 is 4.46. The van der Waals surface area contributed by atoms with Crippen LogP contribution in [0.15, 0.2) is 48.5 Å². The van der Waals surface area contributed by atoms with E-state index in [0.29, 0.717) is 35.3 Å². The van der Waals surface area contributed by atoms with Gasteiger partial charge < -0.3 is 0 Å². The molecule has 3 rings (SSSR count). The van der Waals surface area contributed by atoms with Crippen LogP contribution in [0.25, 0.3) is 17.1 Å². The van der Waals surface area contributed by atoms with Crippen LogP contribution >= 0.6 is 23.8 Å². The molecule has 0 N–H and O–H groups in total. The summed E-state index contributed by atoms with van der Waals surface area (Å²) in [6, 6.07) is 18.1. The van der Waals surface area contributed by atoms with Crippen molar-refractivity contribution >= 4 is 23.8 Å². The van der Waals surface area contributed by atoms with E-state index in [1.54, 1.807) is 0 Å². The molecule has 150 valence electrons. The number of hydrogen-bond acceptors (Lipinski definition) is 4. The Kier molecular flexibility index (Phi) is 6.86. The van der Waals surface area contributed by atoms with Crippen LogP contribution in [-0.4, -0.2) is 32.8 Å². The highest BCUT2D eigenvalue weighted by Gasteiger charge is 2.18. The predicted molar refractivity (Wildman–Crippen MR) is 120 cm³/mol. The van der Waals surface area contributed by atoms with Gasteiger partial charge in [0.05, 0.1) is 18.4 Å². The molecule has 0 amide bonds. The third-order valence-corrected chi connectivity index (χ3v) is 5.37. The highest BCUT2D eigenvalue weighted by molar-refractivity contribution is 7.71. The molecule has 2 aromatic carbocycles. The smallest absolute Gasteiger partial charge is 0.204 e. The van der Waals surface area contributed by atoms with Gasteiger partial charge in [0.2, 0.25) is 4.77 Å². The first-order valence-corrected chi connectivity index (χ1v) is 10.3. The van der Waals surface area contributed by atoms with Gasteiger partial charge >= 0.3 is 0 Å². The SMILES string of the molecule is CC(C)c1ccccc1-n1c(-c2ccc(Cl)cc2)nn(CN(C)CCC#N)c1=S. The molecule has 3 aromatic rings. The molecule has 7 heteroatoms. The lowest BCUT2D eigenvalue weighted by atomic mass is 10.0. The van der Waals surface area contributed by atoms with E-state index in [0.717, 1.165) is 17.1 Å². The van der Waals surface area contributed by atoms with Crippen LogP contribution in [0.3, 0.4) is 0 Å². The molecule has 0 unspecified atom stereocenters. The normalized spacial score (nSPS) is 11.2. The van der Waals surface area contributed by atoms with Crippen LogP contribution in [0.4, 0.5) is 0 Å². The van der Waals surface area contributed by atoms with Gasteiger partial charge in [-0.05, 0) is 61.1 Å². The minimum Gasteiger partial charge on any atom is -0.286 e. The number of hydrogen-bond donors (Lipinski definition) is 0. The van der Waals surface area contributed by atoms with Gasteiger partial charge in [0.15, 0.2) is 5.82 Å². The van der Waals surface area contributed by atoms with E-state index in [9.17, 15) is 0 Å². The summed E-state index contributed by atoms with van der Waals surface area (Å²) >= 11 is 11.9. The lowest BCUT2D eigenvalue weighted by Gasteiger charge is -2.15. The van der Waals surface area contributed by atoms with Crippen LogP contribution in [-0.2, 0) is 6.67 Å². The Hall–Kier alpha value is -2.46. The van der Waals surface area contributed by atoms with Gasteiger partial charge in [-0.1, -0.05) is 43.6 Å². The number of rotatable bonds is 7. The average Bonchev–Trinajstić information content (AvgIpc) is 3.02. The predicted octanol–water partition coefficient (Wildman–Crippen LogP) is 5.65. The maximum Gasteiger partial charge on any atom is 0.204 e. The third kappa shape index (κ3) is 4.76. The number of nitrogens with zero attached hydrogens (tertiary/aromatic N) is 5. The Morgan fingerprint density at radius 3 is 2.52 bits per heavy atom. The fourth-order valence-electron chi connectivity index (χ4n) is 3.22. The lowest BCUT2D eigenvalue weighted by Crippen LogP contribution is -2.23. The molecule has 0 atom stereocenters. The Bertz CT molecular complexity index is 1080. The van der Waals surface area contributed by atoms with Crippen molar-refractivity contribution in [3.05, 3.63) is 63.9 Å². The zero-order valence-electron chi connectivity index (χ0n) is 16.8. The molecule has 0 aliphatic rings. The van der Waals surface area contributed by atoms with Crippen molar-refractivity contribution in [1.82, 2.24) is 19.2 Å². The van der Waals surface area contributed by atoms with Gasteiger partial charge in [-0.25, -0.2) is 4.68 Å². The maximum atomic E-state index is 8.85. The standard InChI is InChI=1S/C22H24ClN5S/c1-16(2)19-7-4-5-8-20(19)28-21(17-9-11-18(23)12-10-17)25-27(22(28)29)15-26(3)14-6-13-24/h4-5,7-12,16H,6,14-15H2,1-3H3. The van der Waals surface area contributed by atoms with Crippen molar-refractivity contribution in [2.24, 2.45) is 0 Å². The molecule has 0 aliphatic carbocycles. The van der Waals surface area contributed by atoms with Crippen molar-refractivity contribution in [3.8, 4) is 23.1 Å². The van der Waals surface area contributed by atoms with E-state index in [1.807, 2.05) is 57.6 Å². The molecule has 0 radical (unpaired) electrons. The number of nitriles is 1. The molecular weight excluding hydrogens is 402 g/mol. The summed E-state index contributed by atoms with van der Waals surface area (Å²) in [6.45, 7) is 5.51. The molecule has 29 heavy (non-hydrogen) atoms. The molecule has 0 aliphatic heterocycles. The van der Waals surface area contributed by atoms with Gasteiger partial charge in [-0.2, -0.15) is 5.26 Å². The van der Waals surface area contributed by atoms with E-state index in [2.05, 4.69) is 32.0 Å². The summed E-state index contributed by atoms with van der Waals surface area (Å²) in [5, 5.41) is 14.4. The van der Waals surface area contributed by atoms with Crippen LogP contribution in [0.2, 0.25) is 5.02 Å². The number of para-hydroxylation sites is 1. The van der Waals surface area contributed by atoms with E-state index in [-0.39, 0.29) is 0 Å². The fraction of sp³-hybridized carbons (Fsp3) is 0.318. The van der Waals surface area contributed by atoms with Gasteiger partial charge in [0.25, 0.3) is 0 Å². The van der Waals surface area contributed by atoms with Crippen LogP contribution in [0.5, 0.6) is 0 Å². The Labute approximate surface area is 181 Å². The first-order valence-electron chi connectivity index (χ1n) is 9.53. The minimum absolute atomic E-state index is 0.341. The summed E-state index contributed by atoms with van der Waals surface area (Å²) in [5.74, 6) is 1.11. The summed E-state index contributed by atoms with van der Waals surface area (Å²) in [6.07, 6.45) is 0.463. The second-order valence-electron chi connectivity index (χ2n) is 7.29. The van der Waals surface area contributed by atoms with Crippen LogP contribution in [0, 0.1) is 16.1 Å². The highest BCUT2D eigenvalue weighted by atomic mass is 35.5. The molecule has 5 nitrogen and oxygen atoms in total. The van der Waals surface area contributed by atoms with Gasteiger partial charge in [-0.15, -0.1) is 5.10 Å². The lowest BCUT2D eigenvalue weighted by molar-refractivity contribution is 0.257. The fourth-order valence-corrected chi connectivity index (χ4v) is 3.63. The molecule has 0 saturated heterocycles. The first-order chi connectivity index (χ1) is 13.9. The van der Waals surface area contributed by atoms with Crippen molar-refractivity contribution < 1.29 is 0 Å². The molecule has 0 fully saturated rings. The highest BCUT2D eigenvalue weighted by Crippen LogP contribution is 2.29.